The van der Waals surface area contributed by atoms with Gasteiger partial charge in [-0.05, 0) is 47.8 Å². The van der Waals surface area contributed by atoms with E-state index >= 15 is 0 Å². The zero-order valence-electron chi connectivity index (χ0n) is 16.1. The molecule has 6 nitrogen and oxygen atoms in total. The van der Waals surface area contributed by atoms with E-state index < -0.39 is 17.8 Å². The van der Waals surface area contributed by atoms with E-state index in [1.54, 1.807) is 24.3 Å². The predicted molar refractivity (Wildman–Crippen MR) is 115 cm³/mol. The van der Waals surface area contributed by atoms with Crippen molar-refractivity contribution in [2.75, 3.05) is 0 Å². The Morgan fingerprint density at radius 1 is 0.968 bits per heavy atom. The molecule has 4 rings (SSSR count). The van der Waals surface area contributed by atoms with Gasteiger partial charge in [0, 0.05) is 10.3 Å². The lowest BCUT2D eigenvalue weighted by Crippen LogP contribution is -2.36. The van der Waals surface area contributed by atoms with Gasteiger partial charge in [-0.25, -0.2) is 9.18 Å². The van der Waals surface area contributed by atoms with E-state index in [0.29, 0.717) is 17.7 Å². The molecule has 1 heterocycles. The number of halogens is 1. The van der Waals surface area contributed by atoms with Crippen LogP contribution in [0.4, 0.5) is 9.18 Å². The Kier molecular flexibility index (Phi) is 6.18. The van der Waals surface area contributed by atoms with E-state index in [-0.39, 0.29) is 11.3 Å². The topological polar surface area (TPSA) is 80.6 Å². The van der Waals surface area contributed by atoms with E-state index in [9.17, 15) is 14.0 Å². The monoisotopic (exact) mass is 436 g/mol. The number of fused-ring (bicyclic) bond motifs is 1. The maximum Gasteiger partial charge on any atom is 0.332 e. The van der Waals surface area contributed by atoms with Gasteiger partial charge in [0.1, 0.15) is 12.4 Å². The number of imide groups is 1. The molecule has 0 saturated heterocycles. The third kappa shape index (κ3) is 5.23. The van der Waals surface area contributed by atoms with Crippen molar-refractivity contribution >= 4 is 34.9 Å². The molecule has 156 valence electrons. The maximum absolute atomic E-state index is 13.7. The third-order valence-corrected chi connectivity index (χ3v) is 5.04. The number of ether oxygens (including phenoxy) is 1. The molecule has 3 amide bonds. The number of furan rings is 1. The van der Waals surface area contributed by atoms with Crippen LogP contribution < -0.4 is 14.8 Å². The lowest BCUT2D eigenvalue weighted by Gasteiger charge is -2.09. The molecule has 0 aliphatic carbocycles. The van der Waals surface area contributed by atoms with E-state index in [1.165, 1.54) is 18.2 Å². The first-order chi connectivity index (χ1) is 15.1. The third-order valence-electron chi connectivity index (χ3n) is 4.26. The highest BCUT2D eigenvalue weighted by molar-refractivity contribution is 7.98. The molecule has 2 N–H and O–H groups in total. The van der Waals surface area contributed by atoms with Crippen molar-refractivity contribution in [1.82, 2.24) is 10.0 Å². The second-order valence-electron chi connectivity index (χ2n) is 6.51. The molecular weight excluding hydrogens is 419 g/mol. The molecule has 0 aliphatic rings. The Labute approximate surface area is 181 Å². The minimum Gasteiger partial charge on any atom is -0.489 e. The number of para-hydroxylation sites is 1. The second-order valence-corrected chi connectivity index (χ2v) is 7.38. The van der Waals surface area contributed by atoms with Crippen LogP contribution in [0.2, 0.25) is 0 Å². The minimum atomic E-state index is -0.770. The smallest absolute Gasteiger partial charge is 0.332 e. The van der Waals surface area contributed by atoms with Gasteiger partial charge in [0.25, 0.3) is 5.91 Å². The highest BCUT2D eigenvalue weighted by Crippen LogP contribution is 2.23. The molecule has 8 heteroatoms. The minimum absolute atomic E-state index is 0.0326. The summed E-state index contributed by atoms with van der Waals surface area (Å²) >= 11 is 1.02. The summed E-state index contributed by atoms with van der Waals surface area (Å²) in [6.07, 6.45) is 0. The van der Waals surface area contributed by atoms with Gasteiger partial charge in [-0.2, -0.15) is 0 Å². The van der Waals surface area contributed by atoms with Gasteiger partial charge < -0.3 is 9.15 Å². The highest BCUT2D eigenvalue weighted by Gasteiger charge is 2.17. The molecule has 0 saturated carbocycles. The SMILES string of the molecule is O=C(NSc1cccc(OCc2ccccc2)c1)NC(=O)c1cc2cccc(F)c2o1. The van der Waals surface area contributed by atoms with Crippen LogP contribution in [0, 0.1) is 5.82 Å². The fourth-order valence-corrected chi connectivity index (χ4v) is 3.39. The summed E-state index contributed by atoms with van der Waals surface area (Å²) in [4.78, 5) is 25.0. The molecule has 3 aromatic carbocycles. The summed E-state index contributed by atoms with van der Waals surface area (Å²) in [6.45, 7) is 0.426. The number of hydrogen-bond donors (Lipinski definition) is 2. The van der Waals surface area contributed by atoms with Gasteiger partial charge in [-0.3, -0.25) is 14.8 Å². The average molecular weight is 436 g/mol. The molecule has 1 aromatic heterocycles. The summed E-state index contributed by atoms with van der Waals surface area (Å²) in [5.41, 5.74) is 1.01. The Morgan fingerprint density at radius 3 is 2.58 bits per heavy atom. The van der Waals surface area contributed by atoms with Crippen molar-refractivity contribution < 1.29 is 23.1 Å². The first-order valence-corrected chi connectivity index (χ1v) is 10.1. The van der Waals surface area contributed by atoms with Crippen LogP contribution in [0.3, 0.4) is 0 Å². The molecule has 0 aliphatic heterocycles. The molecule has 0 unspecified atom stereocenters. The Balaban J connectivity index is 1.31. The Morgan fingerprint density at radius 2 is 1.77 bits per heavy atom. The van der Waals surface area contributed by atoms with E-state index in [1.807, 2.05) is 36.4 Å². The summed E-state index contributed by atoms with van der Waals surface area (Å²) in [5.74, 6) is -0.854. The van der Waals surface area contributed by atoms with Gasteiger partial charge in [-0.15, -0.1) is 0 Å². The van der Waals surface area contributed by atoms with Crippen molar-refractivity contribution in [1.29, 1.82) is 0 Å². The van der Waals surface area contributed by atoms with Crippen molar-refractivity contribution in [3.63, 3.8) is 0 Å². The number of nitrogens with one attached hydrogen (secondary N) is 2. The van der Waals surface area contributed by atoms with Crippen LogP contribution in [0.15, 0.2) is 88.2 Å². The average Bonchev–Trinajstić information content (AvgIpc) is 3.23. The van der Waals surface area contributed by atoms with E-state index in [4.69, 9.17) is 9.15 Å². The Hall–Kier alpha value is -3.78. The quantitative estimate of drug-likeness (QED) is 0.401. The standard InChI is InChI=1S/C23H17FN2O4S/c24-19-11-4-8-16-12-20(30-21(16)19)22(27)25-23(28)26-31-18-10-5-9-17(13-18)29-14-15-6-2-1-3-7-15/h1-13H,14H2,(H2,25,26,27,28). The largest absolute Gasteiger partial charge is 0.489 e. The van der Waals surface area contributed by atoms with Gasteiger partial charge in [0.15, 0.2) is 17.2 Å². The Bertz CT molecular complexity index is 1230. The summed E-state index contributed by atoms with van der Waals surface area (Å²) < 4.78 is 27.2. The van der Waals surface area contributed by atoms with Gasteiger partial charge >= 0.3 is 6.03 Å². The molecule has 31 heavy (non-hydrogen) atoms. The van der Waals surface area contributed by atoms with Gasteiger partial charge in [-0.1, -0.05) is 48.5 Å². The number of carbonyl (C=O) groups is 2. The normalized spacial score (nSPS) is 10.6. The number of amides is 3. The molecule has 0 spiro atoms. The van der Waals surface area contributed by atoms with Crippen molar-refractivity contribution in [3.8, 4) is 5.75 Å². The lowest BCUT2D eigenvalue weighted by atomic mass is 10.2. The highest BCUT2D eigenvalue weighted by atomic mass is 32.2. The number of hydrogen-bond acceptors (Lipinski definition) is 5. The van der Waals surface area contributed by atoms with Crippen LogP contribution in [0.25, 0.3) is 11.0 Å². The van der Waals surface area contributed by atoms with E-state index in [0.717, 1.165) is 22.4 Å². The molecule has 0 atom stereocenters. The zero-order chi connectivity index (χ0) is 21.6. The summed E-state index contributed by atoms with van der Waals surface area (Å²) in [6, 6.07) is 22.0. The fraction of sp³-hybridized carbons (Fsp3) is 0.0435. The molecular formula is C23H17FN2O4S. The fourth-order valence-electron chi connectivity index (χ4n) is 2.80. The number of urea groups is 1. The molecule has 0 fully saturated rings. The maximum atomic E-state index is 13.7. The predicted octanol–water partition coefficient (Wildman–Crippen LogP) is 5.30. The summed E-state index contributed by atoms with van der Waals surface area (Å²) in [5, 5.41) is 2.59. The molecule has 0 bridgehead atoms. The van der Waals surface area contributed by atoms with Crippen molar-refractivity contribution in [2.24, 2.45) is 0 Å². The van der Waals surface area contributed by atoms with Crippen molar-refractivity contribution in [2.45, 2.75) is 11.5 Å². The molecule has 4 aromatic rings. The number of carbonyl (C=O) groups excluding carboxylic acids is 2. The summed E-state index contributed by atoms with van der Waals surface area (Å²) in [7, 11) is 0. The number of benzene rings is 3. The van der Waals surface area contributed by atoms with Crippen molar-refractivity contribution in [3.05, 3.63) is 96.0 Å². The lowest BCUT2D eigenvalue weighted by molar-refractivity contribution is 0.0940. The first-order valence-electron chi connectivity index (χ1n) is 9.31. The zero-order valence-corrected chi connectivity index (χ0v) is 16.9. The van der Waals surface area contributed by atoms with Crippen LogP contribution in [-0.4, -0.2) is 11.9 Å². The van der Waals surface area contributed by atoms with Crippen LogP contribution >= 0.6 is 11.9 Å². The van der Waals surface area contributed by atoms with Crippen LogP contribution in [-0.2, 0) is 6.61 Å². The van der Waals surface area contributed by atoms with Gasteiger partial charge in [0.05, 0.1) is 0 Å². The number of rotatable bonds is 6. The molecule has 0 radical (unpaired) electrons. The van der Waals surface area contributed by atoms with Gasteiger partial charge in [0.2, 0.25) is 0 Å². The first kappa shape index (κ1) is 20.5. The second kappa shape index (κ2) is 9.36. The van der Waals surface area contributed by atoms with Crippen LogP contribution in [0.5, 0.6) is 5.75 Å². The van der Waals surface area contributed by atoms with E-state index in [2.05, 4.69) is 10.0 Å². The van der Waals surface area contributed by atoms with Crippen LogP contribution in [0.1, 0.15) is 16.1 Å².